The fourth-order valence-corrected chi connectivity index (χ4v) is 4.04. The molecule has 2 N–H and O–H groups in total. The predicted octanol–water partition coefficient (Wildman–Crippen LogP) is 2.85. The maximum Gasteiger partial charge on any atom is 0.286 e. The van der Waals surface area contributed by atoms with E-state index >= 15 is 0 Å². The quantitative estimate of drug-likeness (QED) is 0.687. The molecule has 1 fully saturated rings. The monoisotopic (exact) mass is 419 g/mol. The summed E-state index contributed by atoms with van der Waals surface area (Å²) in [6.07, 6.45) is 4.49. The van der Waals surface area contributed by atoms with Crippen molar-refractivity contribution in [3.05, 3.63) is 40.1 Å². The number of nitrogens with one attached hydrogen (secondary N) is 2. The maximum atomic E-state index is 12.9. The van der Waals surface area contributed by atoms with E-state index in [9.17, 15) is 14.0 Å². The number of carbonyl (C=O) groups excluding carboxylic acids is 2. The van der Waals surface area contributed by atoms with Crippen molar-refractivity contribution in [3.63, 3.8) is 0 Å². The van der Waals surface area contributed by atoms with Gasteiger partial charge in [0, 0.05) is 37.7 Å². The van der Waals surface area contributed by atoms with Gasteiger partial charge in [-0.1, -0.05) is 17.8 Å². The molecule has 2 amide bonds. The van der Waals surface area contributed by atoms with Crippen LogP contribution in [0.5, 0.6) is 0 Å². The van der Waals surface area contributed by atoms with Gasteiger partial charge in [0.15, 0.2) is 0 Å². The zero-order valence-electron chi connectivity index (χ0n) is 16.5. The second-order valence-corrected chi connectivity index (χ2v) is 8.25. The number of anilines is 1. The molecule has 0 spiro atoms. The lowest BCUT2D eigenvalue weighted by Crippen LogP contribution is -2.42. The summed E-state index contributed by atoms with van der Waals surface area (Å²) in [5.41, 5.74) is 0.482. The summed E-state index contributed by atoms with van der Waals surface area (Å²) in [6, 6.07) is 6.08. The molecule has 0 radical (unpaired) electrons. The van der Waals surface area contributed by atoms with E-state index in [0.717, 1.165) is 24.4 Å². The Morgan fingerprint density at radius 3 is 2.79 bits per heavy atom. The van der Waals surface area contributed by atoms with Gasteiger partial charge >= 0.3 is 0 Å². The normalized spacial score (nSPS) is 17.1. The molecule has 0 saturated carbocycles. The fourth-order valence-electron chi connectivity index (χ4n) is 3.30. The molecule has 3 rings (SSSR count). The molecule has 0 bridgehead atoms. The van der Waals surface area contributed by atoms with E-state index < -0.39 is 5.91 Å². The van der Waals surface area contributed by atoms with Crippen LogP contribution in [0.2, 0.25) is 0 Å². The van der Waals surface area contributed by atoms with Crippen molar-refractivity contribution in [2.75, 3.05) is 25.0 Å². The minimum atomic E-state index is -0.402. The van der Waals surface area contributed by atoms with Gasteiger partial charge in [-0.25, -0.2) is 4.39 Å². The third-order valence-electron chi connectivity index (χ3n) is 4.99. The average Bonchev–Trinajstić information content (AvgIpc) is 3.19. The summed E-state index contributed by atoms with van der Waals surface area (Å²) in [5.74, 6) is -0.799. The first-order chi connectivity index (χ1) is 14.0. The largest absolute Gasteiger partial charge is 0.355 e. The lowest BCUT2D eigenvalue weighted by molar-refractivity contribution is -0.121. The number of aryl methyl sites for hydroxylation is 1. The van der Waals surface area contributed by atoms with E-state index in [1.807, 2.05) is 0 Å². The van der Waals surface area contributed by atoms with Crippen molar-refractivity contribution < 1.29 is 14.0 Å². The Morgan fingerprint density at radius 1 is 1.24 bits per heavy atom. The number of amides is 2. The molecule has 1 saturated heterocycles. The van der Waals surface area contributed by atoms with Crippen molar-refractivity contribution in [1.82, 2.24) is 20.4 Å². The molecule has 1 aliphatic heterocycles. The van der Waals surface area contributed by atoms with Crippen LogP contribution in [0.4, 0.5) is 10.1 Å². The highest BCUT2D eigenvalue weighted by atomic mass is 32.1. The Bertz CT molecular complexity index is 827. The Kier molecular flexibility index (Phi) is 7.65. The average molecular weight is 420 g/mol. The summed E-state index contributed by atoms with van der Waals surface area (Å²) >= 11 is 1.16. The highest BCUT2D eigenvalue weighted by molar-refractivity contribution is 7.13. The van der Waals surface area contributed by atoms with Crippen LogP contribution in [0, 0.1) is 5.82 Å². The van der Waals surface area contributed by atoms with E-state index in [0.29, 0.717) is 36.1 Å². The van der Waals surface area contributed by atoms with E-state index in [4.69, 9.17) is 0 Å². The van der Waals surface area contributed by atoms with E-state index in [1.54, 1.807) is 0 Å². The van der Waals surface area contributed by atoms with Gasteiger partial charge in [-0.2, -0.15) is 0 Å². The predicted molar refractivity (Wildman–Crippen MR) is 110 cm³/mol. The Hall–Kier alpha value is -2.39. The first-order valence-electron chi connectivity index (χ1n) is 9.91. The molecular formula is C20H26FN5O2S. The van der Waals surface area contributed by atoms with Crippen molar-refractivity contribution in [3.8, 4) is 0 Å². The number of piperidine rings is 1. The summed E-state index contributed by atoms with van der Waals surface area (Å²) in [6.45, 7) is 4.86. The van der Waals surface area contributed by atoms with E-state index in [1.165, 1.54) is 43.5 Å². The van der Waals surface area contributed by atoms with Crippen LogP contribution < -0.4 is 10.6 Å². The molecule has 156 valence electrons. The van der Waals surface area contributed by atoms with Gasteiger partial charge in [0.25, 0.3) is 5.91 Å². The number of halogens is 1. The molecule has 2 aromatic rings. The second kappa shape index (κ2) is 10.4. The number of carbonyl (C=O) groups is 2. The number of nitrogens with zero attached hydrogens (tertiary/aromatic N) is 3. The Labute approximate surface area is 173 Å². The Morgan fingerprint density at radius 2 is 2.03 bits per heavy atom. The van der Waals surface area contributed by atoms with E-state index in [-0.39, 0.29) is 16.7 Å². The fraction of sp³-hybridized carbons (Fsp3) is 0.500. The van der Waals surface area contributed by atoms with Gasteiger partial charge < -0.3 is 10.6 Å². The standard InChI is InChI=1S/C20H26FN5O2S/c1-14-4-2-3-12-26(14)13-11-22-17(27)9-10-18-24-25-20(29-18)19(28)23-16-7-5-15(21)6-8-16/h5-8,14H,2-4,9-13H2,1H3,(H,22,27)(H,23,28)/t14-/m1/s1. The Balaban J connectivity index is 1.38. The smallest absolute Gasteiger partial charge is 0.286 e. The summed E-state index contributed by atoms with van der Waals surface area (Å²) < 4.78 is 12.9. The number of benzene rings is 1. The molecule has 1 aromatic carbocycles. The molecule has 29 heavy (non-hydrogen) atoms. The van der Waals surface area contributed by atoms with Gasteiger partial charge in [-0.15, -0.1) is 10.2 Å². The topological polar surface area (TPSA) is 87.2 Å². The van der Waals surface area contributed by atoms with Crippen molar-refractivity contribution in [2.24, 2.45) is 0 Å². The molecular weight excluding hydrogens is 393 g/mol. The zero-order valence-corrected chi connectivity index (χ0v) is 17.3. The zero-order chi connectivity index (χ0) is 20.6. The van der Waals surface area contributed by atoms with E-state index in [2.05, 4.69) is 32.7 Å². The molecule has 1 aliphatic rings. The number of hydrogen-bond donors (Lipinski definition) is 2. The highest BCUT2D eigenvalue weighted by Gasteiger charge is 2.18. The van der Waals surface area contributed by atoms with Gasteiger partial charge in [0.05, 0.1) is 0 Å². The molecule has 0 aliphatic carbocycles. The minimum absolute atomic E-state index is 0.0258. The van der Waals surface area contributed by atoms with Crippen LogP contribution in [-0.4, -0.2) is 52.6 Å². The van der Waals surface area contributed by atoms with Crippen LogP contribution in [-0.2, 0) is 11.2 Å². The summed E-state index contributed by atoms with van der Waals surface area (Å²) in [4.78, 5) is 26.7. The molecule has 7 nitrogen and oxygen atoms in total. The molecule has 1 aromatic heterocycles. The number of aromatic nitrogens is 2. The first-order valence-corrected chi connectivity index (χ1v) is 10.7. The number of likely N-dealkylation sites (tertiary alicyclic amines) is 1. The van der Waals surface area contributed by atoms with Gasteiger partial charge in [-0.05, 0) is 50.6 Å². The number of hydrogen-bond acceptors (Lipinski definition) is 6. The third kappa shape index (κ3) is 6.57. The van der Waals surface area contributed by atoms with Crippen LogP contribution >= 0.6 is 11.3 Å². The lowest BCUT2D eigenvalue weighted by atomic mass is 10.0. The third-order valence-corrected chi connectivity index (χ3v) is 5.97. The number of rotatable bonds is 8. The van der Waals surface area contributed by atoms with Crippen molar-refractivity contribution in [2.45, 2.75) is 45.1 Å². The van der Waals surface area contributed by atoms with Crippen LogP contribution in [0.1, 0.15) is 47.4 Å². The van der Waals surface area contributed by atoms with Gasteiger partial charge in [0.2, 0.25) is 10.9 Å². The van der Waals surface area contributed by atoms with Crippen LogP contribution in [0.15, 0.2) is 24.3 Å². The molecule has 0 unspecified atom stereocenters. The maximum absolute atomic E-state index is 12.9. The van der Waals surface area contributed by atoms with Gasteiger partial charge in [-0.3, -0.25) is 14.5 Å². The van der Waals surface area contributed by atoms with Crippen LogP contribution in [0.3, 0.4) is 0 Å². The van der Waals surface area contributed by atoms with Crippen LogP contribution in [0.25, 0.3) is 0 Å². The molecule has 1 atom stereocenters. The van der Waals surface area contributed by atoms with Crippen molar-refractivity contribution in [1.29, 1.82) is 0 Å². The second-order valence-electron chi connectivity index (χ2n) is 7.19. The minimum Gasteiger partial charge on any atom is -0.355 e. The summed E-state index contributed by atoms with van der Waals surface area (Å²) in [5, 5.41) is 14.3. The summed E-state index contributed by atoms with van der Waals surface area (Å²) in [7, 11) is 0. The first kappa shape index (κ1) is 21.3. The van der Waals surface area contributed by atoms with Crippen molar-refractivity contribution >= 4 is 28.8 Å². The SMILES string of the molecule is C[C@@H]1CCCCN1CCNC(=O)CCc1nnc(C(=O)Nc2ccc(F)cc2)s1. The van der Waals surface area contributed by atoms with Gasteiger partial charge in [0.1, 0.15) is 10.8 Å². The molecule has 9 heteroatoms. The lowest BCUT2D eigenvalue weighted by Gasteiger charge is -2.33. The highest BCUT2D eigenvalue weighted by Crippen LogP contribution is 2.16. The molecule has 2 heterocycles.